The molecule has 2 N–H and O–H groups in total. The zero-order valence-corrected chi connectivity index (χ0v) is 19.4. The predicted molar refractivity (Wildman–Crippen MR) is 131 cm³/mol. The molecule has 0 spiro atoms. The van der Waals surface area contributed by atoms with E-state index in [4.69, 9.17) is 0 Å². The van der Waals surface area contributed by atoms with Gasteiger partial charge in [0.25, 0.3) is 0 Å². The third-order valence-corrected chi connectivity index (χ3v) is 6.50. The summed E-state index contributed by atoms with van der Waals surface area (Å²) in [6.07, 6.45) is 6.13. The van der Waals surface area contributed by atoms with E-state index in [1.807, 2.05) is 36.4 Å². The van der Waals surface area contributed by atoms with E-state index in [2.05, 4.69) is 21.6 Å². The van der Waals surface area contributed by atoms with E-state index >= 15 is 0 Å². The highest BCUT2D eigenvalue weighted by Gasteiger charge is 2.17. The molecule has 2 aromatic rings. The van der Waals surface area contributed by atoms with Crippen LogP contribution in [0.15, 0.2) is 42.5 Å². The lowest BCUT2D eigenvalue weighted by Gasteiger charge is -2.19. The van der Waals surface area contributed by atoms with Gasteiger partial charge in [0.1, 0.15) is 0 Å². The van der Waals surface area contributed by atoms with Gasteiger partial charge in [-0.25, -0.2) is 0 Å². The van der Waals surface area contributed by atoms with E-state index in [-0.39, 0.29) is 42.9 Å². The van der Waals surface area contributed by atoms with Gasteiger partial charge >= 0.3 is 0 Å². The lowest BCUT2D eigenvalue weighted by atomic mass is 10.0. The first kappa shape index (κ1) is 23.0. The molecule has 1 unspecified atom stereocenters. The molecule has 4 rings (SSSR count). The van der Waals surface area contributed by atoms with Crippen LogP contribution in [0, 0.1) is 0 Å². The number of rotatable bonds is 9. The van der Waals surface area contributed by atoms with Gasteiger partial charge in [-0.15, -0.1) is 0 Å². The molecule has 174 valence electrons. The number of benzene rings is 2. The molecule has 0 radical (unpaired) electrons. The van der Waals surface area contributed by atoms with Crippen molar-refractivity contribution in [1.82, 2.24) is 5.32 Å². The topological polar surface area (TPSA) is 78.5 Å². The fourth-order valence-corrected chi connectivity index (χ4v) is 4.76. The van der Waals surface area contributed by atoms with Gasteiger partial charge in [0, 0.05) is 55.3 Å². The molecular weight excluding hydrogens is 414 g/mol. The first-order valence-corrected chi connectivity index (χ1v) is 12.1. The lowest BCUT2D eigenvalue weighted by Crippen LogP contribution is -2.35. The van der Waals surface area contributed by atoms with Crippen LogP contribution in [0.5, 0.6) is 0 Å². The van der Waals surface area contributed by atoms with Crippen molar-refractivity contribution in [3.8, 4) is 0 Å². The zero-order chi connectivity index (χ0) is 23.2. The molecule has 1 fully saturated rings. The van der Waals surface area contributed by atoms with Gasteiger partial charge in [-0.2, -0.15) is 0 Å². The second-order valence-corrected chi connectivity index (χ2v) is 9.23. The van der Waals surface area contributed by atoms with Crippen molar-refractivity contribution < 1.29 is 14.4 Å². The Hall–Kier alpha value is -3.15. The second kappa shape index (κ2) is 10.6. The average molecular weight is 448 g/mol. The largest absolute Gasteiger partial charge is 0.371 e. The number of amides is 2. The molecule has 0 aromatic heterocycles. The van der Waals surface area contributed by atoms with Crippen molar-refractivity contribution in [3.63, 3.8) is 0 Å². The summed E-state index contributed by atoms with van der Waals surface area (Å²) in [5.74, 6) is -0.362. The third-order valence-electron chi connectivity index (χ3n) is 6.50. The number of nitrogens with one attached hydrogen (secondary N) is 2. The molecule has 2 aromatic carbocycles. The van der Waals surface area contributed by atoms with Gasteiger partial charge in [0.05, 0.1) is 0 Å². The Morgan fingerprint density at radius 1 is 0.909 bits per heavy atom. The molecule has 1 heterocycles. The van der Waals surface area contributed by atoms with Crippen LogP contribution < -0.4 is 15.5 Å². The Balaban J connectivity index is 1.20. The highest BCUT2D eigenvalue weighted by atomic mass is 16.2. The summed E-state index contributed by atoms with van der Waals surface area (Å²) >= 11 is 0. The van der Waals surface area contributed by atoms with Crippen LogP contribution in [-0.4, -0.2) is 36.7 Å². The van der Waals surface area contributed by atoms with Crippen LogP contribution in [0.4, 0.5) is 11.4 Å². The molecule has 33 heavy (non-hydrogen) atoms. The Morgan fingerprint density at radius 2 is 1.70 bits per heavy atom. The quantitative estimate of drug-likeness (QED) is 0.563. The molecule has 2 amide bonds. The van der Waals surface area contributed by atoms with Crippen LogP contribution >= 0.6 is 0 Å². The van der Waals surface area contributed by atoms with Gasteiger partial charge < -0.3 is 15.5 Å². The van der Waals surface area contributed by atoms with Crippen LogP contribution in [0.1, 0.15) is 66.9 Å². The Morgan fingerprint density at radius 3 is 2.52 bits per heavy atom. The minimum absolute atomic E-state index is 0.0110. The minimum Gasteiger partial charge on any atom is -0.371 e. The first-order chi connectivity index (χ1) is 16.0. The van der Waals surface area contributed by atoms with Crippen LogP contribution in [-0.2, 0) is 22.4 Å². The number of anilines is 2. The number of fused-ring (bicyclic) bond motifs is 1. The number of ketones is 1. The summed E-state index contributed by atoms with van der Waals surface area (Å²) in [7, 11) is 0. The highest BCUT2D eigenvalue weighted by molar-refractivity contribution is 5.98. The number of aryl methyl sites for hydroxylation is 2. The van der Waals surface area contributed by atoms with Crippen LogP contribution in [0.3, 0.4) is 0 Å². The van der Waals surface area contributed by atoms with Crippen LogP contribution in [0.2, 0.25) is 0 Å². The normalized spacial score (nSPS) is 15.7. The number of hydrogen-bond donors (Lipinski definition) is 2. The molecule has 1 atom stereocenters. The maximum absolute atomic E-state index is 12.5. The van der Waals surface area contributed by atoms with Gasteiger partial charge in [-0.05, 0) is 74.4 Å². The maximum Gasteiger partial charge on any atom is 0.226 e. The number of carbonyl (C=O) groups is 3. The average Bonchev–Trinajstić information content (AvgIpc) is 3.49. The van der Waals surface area contributed by atoms with Crippen molar-refractivity contribution in [2.75, 3.05) is 23.3 Å². The smallest absolute Gasteiger partial charge is 0.226 e. The second-order valence-electron chi connectivity index (χ2n) is 9.23. The lowest BCUT2D eigenvalue weighted by molar-refractivity contribution is -0.122. The van der Waals surface area contributed by atoms with Gasteiger partial charge in [0.2, 0.25) is 11.8 Å². The van der Waals surface area contributed by atoms with Crippen molar-refractivity contribution in [3.05, 3.63) is 59.2 Å². The third kappa shape index (κ3) is 6.21. The van der Waals surface area contributed by atoms with Crippen molar-refractivity contribution in [2.24, 2.45) is 0 Å². The van der Waals surface area contributed by atoms with Crippen molar-refractivity contribution in [2.45, 2.75) is 64.3 Å². The number of Topliss-reactive ketones (excluding diaryl/α,β-unsaturated/α-hetero) is 1. The van der Waals surface area contributed by atoms with Gasteiger partial charge in [0.15, 0.2) is 5.78 Å². The molecule has 0 saturated carbocycles. The molecule has 6 heteroatoms. The van der Waals surface area contributed by atoms with Crippen molar-refractivity contribution in [1.29, 1.82) is 0 Å². The van der Waals surface area contributed by atoms with Crippen molar-refractivity contribution >= 4 is 29.0 Å². The molecule has 2 aliphatic rings. The highest BCUT2D eigenvalue weighted by Crippen LogP contribution is 2.24. The number of hydrogen-bond acceptors (Lipinski definition) is 4. The minimum atomic E-state index is -0.311. The number of nitrogens with zero attached hydrogens (tertiary/aromatic N) is 1. The van der Waals surface area contributed by atoms with Gasteiger partial charge in [-0.3, -0.25) is 14.4 Å². The molecular formula is C27H33N3O3. The first-order valence-electron chi connectivity index (χ1n) is 12.1. The Labute approximate surface area is 195 Å². The van der Waals surface area contributed by atoms with E-state index in [1.165, 1.54) is 24.0 Å². The van der Waals surface area contributed by atoms with E-state index in [9.17, 15) is 14.4 Å². The summed E-state index contributed by atoms with van der Waals surface area (Å²) in [5.41, 5.74) is 5.17. The monoisotopic (exact) mass is 447 g/mol. The summed E-state index contributed by atoms with van der Waals surface area (Å²) < 4.78 is 0. The molecule has 6 nitrogen and oxygen atoms in total. The summed E-state index contributed by atoms with van der Waals surface area (Å²) in [5, 5.41) is 5.77. The summed E-state index contributed by atoms with van der Waals surface area (Å²) in [6, 6.07) is 13.5. The molecule has 1 aliphatic carbocycles. The summed E-state index contributed by atoms with van der Waals surface area (Å²) in [4.78, 5) is 39.6. The van der Waals surface area contributed by atoms with E-state index in [0.717, 1.165) is 43.7 Å². The fraction of sp³-hybridized carbons (Fsp3) is 0.444. The summed E-state index contributed by atoms with van der Waals surface area (Å²) in [6.45, 7) is 3.91. The number of carbonyl (C=O) groups excluding carboxylic acids is 3. The fourth-order valence-electron chi connectivity index (χ4n) is 4.76. The Kier molecular flexibility index (Phi) is 7.43. The zero-order valence-electron chi connectivity index (χ0n) is 19.4. The van der Waals surface area contributed by atoms with E-state index in [1.54, 1.807) is 6.92 Å². The van der Waals surface area contributed by atoms with Gasteiger partial charge in [-0.1, -0.05) is 18.2 Å². The SMILES string of the molecule is CC(CC(=O)Nc1cccc(N2CCCC2)c1)NC(=O)CCC(=O)c1ccc2c(c1)CCC2. The van der Waals surface area contributed by atoms with Crippen LogP contribution in [0.25, 0.3) is 0 Å². The van der Waals surface area contributed by atoms with E-state index < -0.39 is 0 Å². The molecule has 1 saturated heterocycles. The maximum atomic E-state index is 12.5. The van der Waals surface area contributed by atoms with E-state index in [0.29, 0.717) is 5.56 Å². The molecule has 0 bridgehead atoms. The molecule has 1 aliphatic heterocycles. The predicted octanol–water partition coefficient (Wildman–Crippen LogP) is 4.27. The Bertz CT molecular complexity index is 1030. The standard InChI is InChI=1S/C27H33N3O3/c1-19(16-27(33)29-23-8-5-9-24(18-23)30-14-2-3-15-30)28-26(32)13-12-25(31)22-11-10-20-6-4-7-21(20)17-22/h5,8-11,17-19H,2-4,6-7,12-16H2,1H3,(H,28,32)(H,29,33).